The molecule has 0 aromatic heterocycles. The summed E-state index contributed by atoms with van der Waals surface area (Å²) in [7, 11) is 3.33. The van der Waals surface area contributed by atoms with Crippen LogP contribution in [0.2, 0.25) is 0 Å². The van der Waals surface area contributed by atoms with Gasteiger partial charge in [-0.3, -0.25) is 14.9 Å². The van der Waals surface area contributed by atoms with Gasteiger partial charge in [0.1, 0.15) is 0 Å². The third-order valence-electron chi connectivity index (χ3n) is 4.03. The van der Waals surface area contributed by atoms with Crippen molar-refractivity contribution in [1.29, 1.82) is 0 Å². The number of hydrogen-bond donors (Lipinski definition) is 0. The van der Waals surface area contributed by atoms with Crippen LogP contribution in [0.5, 0.6) is 11.5 Å². The molecule has 2 aromatic carbocycles. The summed E-state index contributed by atoms with van der Waals surface area (Å²) in [5.74, 6) is 1.27. The van der Waals surface area contributed by atoms with Crippen LogP contribution in [-0.2, 0) is 11.3 Å². The molecule has 150 valence electrons. The summed E-state index contributed by atoms with van der Waals surface area (Å²) >= 11 is 1.37. The minimum Gasteiger partial charge on any atom is -0.493 e. The fraction of sp³-hybridized carbons (Fsp3) is 0.350. The molecule has 0 spiro atoms. The Labute approximate surface area is 168 Å². The largest absolute Gasteiger partial charge is 0.493 e. The van der Waals surface area contributed by atoms with Crippen molar-refractivity contribution in [1.82, 2.24) is 4.90 Å². The van der Waals surface area contributed by atoms with E-state index in [-0.39, 0.29) is 16.8 Å². The Hall–Kier alpha value is -2.74. The molecule has 0 aliphatic heterocycles. The fourth-order valence-electron chi connectivity index (χ4n) is 2.65. The summed E-state index contributed by atoms with van der Waals surface area (Å²) in [6.45, 7) is 4.71. The average Bonchev–Trinajstić information content (AvgIpc) is 2.68. The second kappa shape index (κ2) is 9.98. The molecule has 0 radical (unpaired) electrons. The van der Waals surface area contributed by atoms with Crippen LogP contribution >= 0.6 is 11.8 Å². The van der Waals surface area contributed by atoms with Crippen molar-refractivity contribution >= 4 is 23.4 Å². The second-order valence-corrected chi connectivity index (χ2v) is 7.54. The Morgan fingerprint density at radius 3 is 2.46 bits per heavy atom. The van der Waals surface area contributed by atoms with Crippen LogP contribution in [0.1, 0.15) is 19.4 Å². The van der Waals surface area contributed by atoms with Crippen molar-refractivity contribution in [2.75, 3.05) is 20.8 Å². The van der Waals surface area contributed by atoms with E-state index in [1.807, 2.05) is 32.0 Å². The first kappa shape index (κ1) is 21.6. The van der Waals surface area contributed by atoms with E-state index in [0.29, 0.717) is 24.7 Å². The number of thioether (sulfide) groups is 1. The van der Waals surface area contributed by atoms with Gasteiger partial charge in [0.15, 0.2) is 11.5 Å². The molecule has 2 rings (SSSR count). The molecule has 0 unspecified atom stereocenters. The van der Waals surface area contributed by atoms with E-state index in [1.165, 1.54) is 23.9 Å². The third-order valence-corrected chi connectivity index (χ3v) is 5.13. The van der Waals surface area contributed by atoms with Crippen molar-refractivity contribution in [2.24, 2.45) is 0 Å². The minimum atomic E-state index is -0.443. The van der Waals surface area contributed by atoms with E-state index in [1.54, 1.807) is 31.2 Å². The molecule has 0 heterocycles. The summed E-state index contributed by atoms with van der Waals surface area (Å²) in [6.07, 6.45) is 0. The first-order chi connectivity index (χ1) is 13.3. The number of methoxy groups -OCH3 is 1. The molecule has 0 aliphatic carbocycles. The number of amides is 1. The summed E-state index contributed by atoms with van der Waals surface area (Å²) in [4.78, 5) is 25.4. The van der Waals surface area contributed by atoms with Gasteiger partial charge in [-0.05, 0) is 43.7 Å². The Morgan fingerprint density at radius 2 is 1.89 bits per heavy atom. The maximum Gasteiger partial charge on any atom is 0.269 e. The highest BCUT2D eigenvalue weighted by Crippen LogP contribution is 2.29. The van der Waals surface area contributed by atoms with E-state index in [2.05, 4.69) is 0 Å². The number of benzene rings is 2. The Kier molecular flexibility index (Phi) is 7.69. The number of hydrogen-bond acceptors (Lipinski definition) is 6. The predicted molar refractivity (Wildman–Crippen MR) is 109 cm³/mol. The molecule has 0 saturated heterocycles. The molecular formula is C20H24N2O5S. The average molecular weight is 404 g/mol. The Morgan fingerprint density at radius 1 is 1.21 bits per heavy atom. The van der Waals surface area contributed by atoms with E-state index in [9.17, 15) is 14.9 Å². The molecule has 8 heteroatoms. The predicted octanol–water partition coefficient (Wildman–Crippen LogP) is 4.14. The van der Waals surface area contributed by atoms with Crippen molar-refractivity contribution in [2.45, 2.75) is 30.5 Å². The monoisotopic (exact) mass is 404 g/mol. The highest BCUT2D eigenvalue weighted by atomic mass is 32.2. The lowest BCUT2D eigenvalue weighted by atomic mass is 10.2. The van der Waals surface area contributed by atoms with Crippen LogP contribution in [0.4, 0.5) is 5.69 Å². The van der Waals surface area contributed by atoms with Crippen molar-refractivity contribution < 1.29 is 19.2 Å². The van der Waals surface area contributed by atoms with E-state index >= 15 is 0 Å². The summed E-state index contributed by atoms with van der Waals surface area (Å²) in [6, 6.07) is 11.8. The third kappa shape index (κ3) is 5.63. The SMILES string of the molecule is CCOc1ccc(CN(C)C(=O)[C@@H](C)Sc2ccc([N+](=O)[O-])cc2)cc1OC. The number of carbonyl (C=O) groups excluding carboxylic acids is 1. The molecule has 0 aliphatic rings. The summed E-state index contributed by atoms with van der Waals surface area (Å²) in [5.41, 5.74) is 0.966. The maximum atomic E-state index is 12.7. The van der Waals surface area contributed by atoms with Crippen LogP contribution in [0.3, 0.4) is 0 Å². The summed E-state index contributed by atoms with van der Waals surface area (Å²) < 4.78 is 10.9. The van der Waals surface area contributed by atoms with Crippen LogP contribution < -0.4 is 9.47 Å². The molecule has 0 saturated carbocycles. The van der Waals surface area contributed by atoms with Gasteiger partial charge in [-0.15, -0.1) is 11.8 Å². The zero-order chi connectivity index (χ0) is 20.7. The number of nitro benzene ring substituents is 1. The van der Waals surface area contributed by atoms with Gasteiger partial charge in [0.2, 0.25) is 5.91 Å². The lowest BCUT2D eigenvalue weighted by Gasteiger charge is -2.22. The smallest absolute Gasteiger partial charge is 0.269 e. The zero-order valence-electron chi connectivity index (χ0n) is 16.4. The molecule has 1 amide bonds. The minimum absolute atomic E-state index is 0.0313. The number of carbonyl (C=O) groups is 1. The van der Waals surface area contributed by atoms with Crippen molar-refractivity contribution in [3.8, 4) is 11.5 Å². The topological polar surface area (TPSA) is 81.9 Å². The van der Waals surface area contributed by atoms with Gasteiger partial charge < -0.3 is 14.4 Å². The van der Waals surface area contributed by atoms with E-state index < -0.39 is 4.92 Å². The molecule has 7 nitrogen and oxygen atoms in total. The lowest BCUT2D eigenvalue weighted by molar-refractivity contribution is -0.384. The molecule has 0 bridgehead atoms. The normalized spacial score (nSPS) is 11.6. The maximum absolute atomic E-state index is 12.7. The van der Waals surface area contributed by atoms with Crippen molar-refractivity contribution in [3.63, 3.8) is 0 Å². The fourth-order valence-corrected chi connectivity index (χ4v) is 3.63. The van der Waals surface area contributed by atoms with Gasteiger partial charge in [0.05, 0.1) is 23.9 Å². The first-order valence-corrected chi connectivity index (χ1v) is 9.69. The molecule has 0 N–H and O–H groups in total. The molecule has 2 aromatic rings. The molecular weight excluding hydrogens is 380 g/mol. The van der Waals surface area contributed by atoms with Crippen LogP contribution in [-0.4, -0.2) is 41.7 Å². The molecule has 28 heavy (non-hydrogen) atoms. The number of ether oxygens (including phenoxy) is 2. The molecule has 0 fully saturated rings. The standard InChI is InChI=1S/C20H24N2O5S/c1-5-27-18-11-6-15(12-19(18)26-4)13-21(3)20(23)14(2)28-17-9-7-16(8-10-17)22(24)25/h6-12,14H,5,13H2,1-4H3/t14-/m1/s1. The highest BCUT2D eigenvalue weighted by Gasteiger charge is 2.20. The lowest BCUT2D eigenvalue weighted by Crippen LogP contribution is -2.32. The van der Waals surface area contributed by atoms with Crippen LogP contribution in [0.15, 0.2) is 47.4 Å². The number of nitrogens with zero attached hydrogens (tertiary/aromatic N) is 2. The zero-order valence-corrected chi connectivity index (χ0v) is 17.2. The number of rotatable bonds is 9. The Balaban J connectivity index is 2.00. The van der Waals surface area contributed by atoms with Gasteiger partial charge in [-0.1, -0.05) is 6.07 Å². The molecule has 1 atom stereocenters. The van der Waals surface area contributed by atoms with Crippen LogP contribution in [0.25, 0.3) is 0 Å². The van der Waals surface area contributed by atoms with Crippen molar-refractivity contribution in [3.05, 3.63) is 58.1 Å². The second-order valence-electron chi connectivity index (χ2n) is 6.12. The van der Waals surface area contributed by atoms with Gasteiger partial charge in [0.25, 0.3) is 5.69 Å². The van der Waals surface area contributed by atoms with E-state index in [4.69, 9.17) is 9.47 Å². The summed E-state index contributed by atoms with van der Waals surface area (Å²) in [5, 5.41) is 10.4. The van der Waals surface area contributed by atoms with Gasteiger partial charge in [0, 0.05) is 30.6 Å². The van der Waals surface area contributed by atoms with Crippen LogP contribution in [0, 0.1) is 10.1 Å². The number of non-ortho nitro benzene ring substituents is 1. The number of nitro groups is 1. The highest BCUT2D eigenvalue weighted by molar-refractivity contribution is 8.00. The van der Waals surface area contributed by atoms with E-state index in [0.717, 1.165) is 10.5 Å². The quantitative estimate of drug-likeness (QED) is 0.355. The van der Waals surface area contributed by atoms with Gasteiger partial charge >= 0.3 is 0 Å². The Bertz CT molecular complexity index is 826. The first-order valence-electron chi connectivity index (χ1n) is 8.81. The van der Waals surface area contributed by atoms with Gasteiger partial charge in [-0.2, -0.15) is 0 Å². The van der Waals surface area contributed by atoms with Gasteiger partial charge in [-0.25, -0.2) is 0 Å².